The number of aryl methyl sites for hydroxylation is 2. The van der Waals surface area contributed by atoms with Gasteiger partial charge < -0.3 is 5.32 Å². The van der Waals surface area contributed by atoms with E-state index in [4.69, 9.17) is 6.42 Å². The van der Waals surface area contributed by atoms with Crippen LogP contribution in [0.2, 0.25) is 0 Å². The number of rotatable bonds is 6. The van der Waals surface area contributed by atoms with Crippen LogP contribution in [0.1, 0.15) is 36.7 Å². The van der Waals surface area contributed by atoms with Gasteiger partial charge in [-0.15, -0.1) is 12.3 Å². The van der Waals surface area contributed by atoms with Crippen molar-refractivity contribution in [1.29, 1.82) is 0 Å². The first-order valence-corrected chi connectivity index (χ1v) is 5.87. The quantitative estimate of drug-likeness (QED) is 0.586. The van der Waals surface area contributed by atoms with E-state index < -0.39 is 0 Å². The molecule has 1 heterocycles. The molecular formula is C13H21N3. The largest absolute Gasteiger partial charge is 0.313 e. The van der Waals surface area contributed by atoms with Gasteiger partial charge in [0, 0.05) is 24.2 Å². The third-order valence-corrected chi connectivity index (χ3v) is 2.73. The van der Waals surface area contributed by atoms with E-state index in [2.05, 4.69) is 37.1 Å². The maximum absolute atomic E-state index is 5.27. The minimum atomic E-state index is 0.740. The summed E-state index contributed by atoms with van der Waals surface area (Å²) in [5.74, 6) is 2.65. The van der Waals surface area contributed by atoms with Crippen molar-refractivity contribution >= 4 is 0 Å². The van der Waals surface area contributed by atoms with Crippen molar-refractivity contribution in [2.45, 2.75) is 46.7 Å². The lowest BCUT2D eigenvalue weighted by Gasteiger charge is -2.04. The third kappa shape index (κ3) is 3.11. The van der Waals surface area contributed by atoms with E-state index in [1.807, 2.05) is 4.68 Å². The van der Waals surface area contributed by atoms with Crippen LogP contribution in [0.3, 0.4) is 0 Å². The molecule has 0 saturated heterocycles. The molecule has 0 fully saturated rings. The Kier molecular flexibility index (Phi) is 5.07. The van der Waals surface area contributed by atoms with Crippen LogP contribution in [-0.2, 0) is 13.1 Å². The van der Waals surface area contributed by atoms with Gasteiger partial charge in [-0.1, -0.05) is 6.92 Å². The molecule has 1 aromatic heterocycles. The van der Waals surface area contributed by atoms with Gasteiger partial charge in [-0.25, -0.2) is 0 Å². The Hall–Kier alpha value is -1.27. The fourth-order valence-electron chi connectivity index (χ4n) is 1.77. The van der Waals surface area contributed by atoms with E-state index in [0.717, 1.165) is 38.2 Å². The summed E-state index contributed by atoms with van der Waals surface area (Å²) in [5.41, 5.74) is 3.65. The highest BCUT2D eigenvalue weighted by Gasteiger charge is 2.09. The van der Waals surface area contributed by atoms with Crippen LogP contribution in [-0.4, -0.2) is 16.3 Å². The lowest BCUT2D eigenvalue weighted by atomic mass is 10.2. The van der Waals surface area contributed by atoms with Crippen molar-refractivity contribution in [2.75, 3.05) is 6.54 Å². The van der Waals surface area contributed by atoms with Crippen LogP contribution >= 0.6 is 0 Å². The summed E-state index contributed by atoms with van der Waals surface area (Å²) in [7, 11) is 0. The first-order chi connectivity index (χ1) is 7.70. The number of hydrogen-bond donors (Lipinski definition) is 1. The average Bonchev–Trinajstić information content (AvgIpc) is 2.54. The van der Waals surface area contributed by atoms with Crippen molar-refractivity contribution in [3.63, 3.8) is 0 Å². The maximum Gasteiger partial charge on any atom is 0.0641 e. The second kappa shape index (κ2) is 6.34. The van der Waals surface area contributed by atoms with Gasteiger partial charge in [-0.2, -0.15) is 5.10 Å². The summed E-state index contributed by atoms with van der Waals surface area (Å²) in [6.45, 7) is 9.11. The van der Waals surface area contributed by atoms with Crippen molar-refractivity contribution < 1.29 is 0 Å². The van der Waals surface area contributed by atoms with Gasteiger partial charge in [-0.3, -0.25) is 4.68 Å². The van der Waals surface area contributed by atoms with Crippen LogP contribution in [0.15, 0.2) is 0 Å². The van der Waals surface area contributed by atoms with Gasteiger partial charge in [0.1, 0.15) is 0 Å². The SMILES string of the molecule is C#CCCn1nc(C)c(CNCCC)c1C. The molecule has 1 N–H and O–H groups in total. The molecule has 1 rings (SSSR count). The van der Waals surface area contributed by atoms with Gasteiger partial charge in [0.15, 0.2) is 0 Å². The Morgan fingerprint density at radius 2 is 2.19 bits per heavy atom. The Labute approximate surface area is 98.2 Å². The topological polar surface area (TPSA) is 29.9 Å². The predicted octanol–water partition coefficient (Wildman–Crippen LogP) is 2.02. The van der Waals surface area contributed by atoms with E-state index in [-0.39, 0.29) is 0 Å². The first-order valence-electron chi connectivity index (χ1n) is 5.87. The molecule has 88 valence electrons. The lowest BCUT2D eigenvalue weighted by molar-refractivity contribution is 0.605. The molecule has 0 unspecified atom stereocenters. The molecule has 0 spiro atoms. The van der Waals surface area contributed by atoms with Gasteiger partial charge in [0.25, 0.3) is 0 Å². The number of nitrogens with zero attached hydrogens (tertiary/aromatic N) is 2. The van der Waals surface area contributed by atoms with Crippen LogP contribution in [0.25, 0.3) is 0 Å². The standard InChI is InChI=1S/C13H21N3/c1-5-7-9-16-12(4)13(11(3)15-16)10-14-8-6-2/h1,14H,6-10H2,2-4H3. The summed E-state index contributed by atoms with van der Waals surface area (Å²) in [6.07, 6.45) is 7.16. The summed E-state index contributed by atoms with van der Waals surface area (Å²) in [4.78, 5) is 0. The second-order valence-electron chi connectivity index (χ2n) is 4.00. The van der Waals surface area contributed by atoms with Crippen LogP contribution in [0.5, 0.6) is 0 Å². The maximum atomic E-state index is 5.27. The Morgan fingerprint density at radius 3 is 2.81 bits per heavy atom. The molecule has 3 nitrogen and oxygen atoms in total. The van der Waals surface area contributed by atoms with Crippen molar-refractivity contribution in [2.24, 2.45) is 0 Å². The van der Waals surface area contributed by atoms with Crippen molar-refractivity contribution in [1.82, 2.24) is 15.1 Å². The molecule has 0 radical (unpaired) electrons. The normalized spacial score (nSPS) is 10.4. The highest BCUT2D eigenvalue weighted by atomic mass is 15.3. The molecule has 16 heavy (non-hydrogen) atoms. The van der Waals surface area contributed by atoms with Crippen LogP contribution < -0.4 is 5.32 Å². The number of aromatic nitrogens is 2. The molecule has 0 atom stereocenters. The Balaban J connectivity index is 2.69. The summed E-state index contributed by atoms with van der Waals surface area (Å²) in [6, 6.07) is 0. The van der Waals surface area contributed by atoms with E-state index in [9.17, 15) is 0 Å². The zero-order chi connectivity index (χ0) is 12.0. The summed E-state index contributed by atoms with van der Waals surface area (Å²) in [5, 5.41) is 7.92. The number of terminal acetylenes is 1. The van der Waals surface area contributed by atoms with E-state index in [0.29, 0.717) is 0 Å². The average molecular weight is 219 g/mol. The van der Waals surface area contributed by atoms with E-state index >= 15 is 0 Å². The fraction of sp³-hybridized carbons (Fsp3) is 0.615. The van der Waals surface area contributed by atoms with E-state index in [1.54, 1.807) is 0 Å². The Morgan fingerprint density at radius 1 is 1.44 bits per heavy atom. The van der Waals surface area contributed by atoms with Gasteiger partial charge in [0.05, 0.1) is 12.2 Å². The smallest absolute Gasteiger partial charge is 0.0641 e. The molecule has 0 aromatic carbocycles. The molecular weight excluding hydrogens is 198 g/mol. The van der Waals surface area contributed by atoms with Crippen molar-refractivity contribution in [3.05, 3.63) is 17.0 Å². The van der Waals surface area contributed by atoms with Gasteiger partial charge >= 0.3 is 0 Å². The third-order valence-electron chi connectivity index (χ3n) is 2.73. The first kappa shape index (κ1) is 12.8. The molecule has 0 amide bonds. The van der Waals surface area contributed by atoms with Gasteiger partial charge in [-0.05, 0) is 26.8 Å². The summed E-state index contributed by atoms with van der Waals surface area (Å²) < 4.78 is 2.01. The van der Waals surface area contributed by atoms with Crippen LogP contribution in [0.4, 0.5) is 0 Å². The molecule has 1 aromatic rings. The zero-order valence-electron chi connectivity index (χ0n) is 10.5. The molecule has 0 saturated carbocycles. The fourth-order valence-corrected chi connectivity index (χ4v) is 1.77. The van der Waals surface area contributed by atoms with Crippen molar-refractivity contribution in [3.8, 4) is 12.3 Å². The monoisotopic (exact) mass is 219 g/mol. The predicted molar refractivity (Wildman–Crippen MR) is 67.1 cm³/mol. The highest BCUT2D eigenvalue weighted by Crippen LogP contribution is 2.12. The number of nitrogens with one attached hydrogen (secondary N) is 1. The van der Waals surface area contributed by atoms with Gasteiger partial charge in [0.2, 0.25) is 0 Å². The minimum absolute atomic E-state index is 0.740. The lowest BCUT2D eigenvalue weighted by Crippen LogP contribution is -2.15. The Bertz CT molecular complexity index is 371. The summed E-state index contributed by atoms with van der Waals surface area (Å²) >= 11 is 0. The zero-order valence-corrected chi connectivity index (χ0v) is 10.5. The van der Waals surface area contributed by atoms with Crippen LogP contribution in [0, 0.1) is 26.2 Å². The minimum Gasteiger partial charge on any atom is -0.313 e. The highest BCUT2D eigenvalue weighted by molar-refractivity contribution is 5.24. The molecule has 0 bridgehead atoms. The van der Waals surface area contributed by atoms with E-state index in [1.165, 1.54) is 11.3 Å². The number of hydrogen-bond acceptors (Lipinski definition) is 2. The second-order valence-corrected chi connectivity index (χ2v) is 4.00. The molecule has 0 aliphatic carbocycles. The molecule has 0 aliphatic rings. The molecule has 0 aliphatic heterocycles. The molecule has 3 heteroatoms.